The van der Waals surface area contributed by atoms with Gasteiger partial charge < -0.3 is 23.7 Å². The lowest BCUT2D eigenvalue weighted by Gasteiger charge is -2.40. The van der Waals surface area contributed by atoms with Crippen LogP contribution in [-0.4, -0.2) is 38.0 Å². The molecule has 22 heavy (non-hydrogen) atoms. The fraction of sp³-hybridized carbons (Fsp3) is 0.438. The third-order valence-corrected chi connectivity index (χ3v) is 4.13. The molecule has 3 rings (SSSR count). The van der Waals surface area contributed by atoms with Crippen molar-refractivity contribution in [1.82, 2.24) is 0 Å². The minimum absolute atomic E-state index is 0.0434. The molecule has 1 aromatic heterocycles. The van der Waals surface area contributed by atoms with Crippen molar-refractivity contribution in [2.24, 2.45) is 5.41 Å². The molecule has 1 fully saturated rings. The van der Waals surface area contributed by atoms with Crippen LogP contribution in [0.25, 0.3) is 11.0 Å². The largest absolute Gasteiger partial charge is 0.497 e. The lowest BCUT2D eigenvalue weighted by atomic mass is 9.84. The molecule has 0 atom stereocenters. The monoisotopic (exact) mass is 306 g/mol. The summed E-state index contributed by atoms with van der Waals surface area (Å²) < 4.78 is 21.7. The van der Waals surface area contributed by atoms with Gasteiger partial charge in [0, 0.05) is 0 Å². The highest BCUT2D eigenvalue weighted by Gasteiger charge is 2.38. The van der Waals surface area contributed by atoms with Crippen LogP contribution in [0.1, 0.15) is 23.9 Å². The van der Waals surface area contributed by atoms with Gasteiger partial charge in [0.05, 0.1) is 37.7 Å². The Morgan fingerprint density at radius 2 is 2.18 bits per heavy atom. The van der Waals surface area contributed by atoms with E-state index in [1.807, 2.05) is 0 Å². The zero-order valence-corrected chi connectivity index (χ0v) is 12.5. The van der Waals surface area contributed by atoms with Gasteiger partial charge in [-0.3, -0.25) is 0 Å². The molecule has 0 aliphatic carbocycles. The summed E-state index contributed by atoms with van der Waals surface area (Å²) in [6.07, 6.45) is 0.911. The maximum Gasteiger partial charge on any atom is 0.375 e. The molecule has 0 amide bonds. The first-order valence-electron chi connectivity index (χ1n) is 7.13. The third-order valence-electron chi connectivity index (χ3n) is 4.13. The SMILES string of the molecule is CCC1(COc2c(C(=O)O)oc3ccc(OC)cc23)COC1. The standard InChI is InChI=1S/C16H18O6/c1-3-16(7-20-8-16)9-21-13-11-6-10(19-2)4-5-12(11)22-14(13)15(17)18/h4-6H,3,7-9H2,1-2H3,(H,17,18). The number of benzene rings is 1. The average Bonchev–Trinajstić information content (AvgIpc) is 2.85. The van der Waals surface area contributed by atoms with Crippen molar-refractivity contribution >= 4 is 16.9 Å². The Bertz CT molecular complexity index is 692. The van der Waals surface area contributed by atoms with Crippen molar-refractivity contribution in [3.63, 3.8) is 0 Å². The number of aromatic carboxylic acids is 1. The molecule has 0 bridgehead atoms. The molecule has 1 aromatic carbocycles. The molecule has 1 saturated heterocycles. The number of furan rings is 1. The van der Waals surface area contributed by atoms with E-state index in [1.165, 1.54) is 0 Å². The first kappa shape index (κ1) is 14.7. The maximum atomic E-state index is 11.4. The van der Waals surface area contributed by atoms with Crippen LogP contribution in [0.15, 0.2) is 22.6 Å². The second kappa shape index (κ2) is 5.53. The van der Waals surface area contributed by atoms with Crippen LogP contribution >= 0.6 is 0 Å². The zero-order chi connectivity index (χ0) is 15.7. The molecule has 6 nitrogen and oxygen atoms in total. The van der Waals surface area contributed by atoms with Crippen LogP contribution in [0, 0.1) is 5.41 Å². The summed E-state index contributed by atoms with van der Waals surface area (Å²) in [5.74, 6) is -0.469. The summed E-state index contributed by atoms with van der Waals surface area (Å²) in [4.78, 5) is 11.4. The van der Waals surface area contributed by atoms with E-state index in [0.29, 0.717) is 36.5 Å². The Kier molecular flexibility index (Phi) is 3.70. The molecule has 0 saturated carbocycles. The lowest BCUT2D eigenvalue weighted by molar-refractivity contribution is -0.133. The number of ether oxygens (including phenoxy) is 3. The molecule has 0 unspecified atom stereocenters. The minimum Gasteiger partial charge on any atom is -0.497 e. The molecule has 1 N–H and O–H groups in total. The van der Waals surface area contributed by atoms with E-state index in [4.69, 9.17) is 18.6 Å². The number of rotatable bonds is 6. The van der Waals surface area contributed by atoms with Crippen molar-refractivity contribution < 1.29 is 28.5 Å². The summed E-state index contributed by atoms with van der Waals surface area (Å²) in [6, 6.07) is 5.11. The second-order valence-corrected chi connectivity index (χ2v) is 5.56. The maximum absolute atomic E-state index is 11.4. The molecular weight excluding hydrogens is 288 g/mol. The van der Waals surface area contributed by atoms with Crippen molar-refractivity contribution in [2.75, 3.05) is 26.9 Å². The number of hydrogen-bond donors (Lipinski definition) is 1. The van der Waals surface area contributed by atoms with E-state index in [2.05, 4.69) is 6.92 Å². The van der Waals surface area contributed by atoms with Crippen LogP contribution in [0.4, 0.5) is 0 Å². The van der Waals surface area contributed by atoms with E-state index < -0.39 is 5.97 Å². The highest BCUT2D eigenvalue weighted by atomic mass is 16.5. The van der Waals surface area contributed by atoms with Crippen molar-refractivity contribution in [3.05, 3.63) is 24.0 Å². The quantitative estimate of drug-likeness (QED) is 0.884. The van der Waals surface area contributed by atoms with E-state index in [1.54, 1.807) is 25.3 Å². The van der Waals surface area contributed by atoms with Gasteiger partial charge in [0.1, 0.15) is 11.3 Å². The van der Waals surface area contributed by atoms with Crippen molar-refractivity contribution in [3.8, 4) is 11.5 Å². The van der Waals surface area contributed by atoms with Gasteiger partial charge in [0.25, 0.3) is 5.76 Å². The smallest absolute Gasteiger partial charge is 0.375 e. The predicted molar refractivity (Wildman–Crippen MR) is 78.8 cm³/mol. The Balaban J connectivity index is 1.97. The summed E-state index contributed by atoms with van der Waals surface area (Å²) in [5, 5.41) is 9.92. The highest BCUT2D eigenvalue weighted by Crippen LogP contribution is 2.38. The van der Waals surface area contributed by atoms with Gasteiger partial charge in [0.15, 0.2) is 5.75 Å². The van der Waals surface area contributed by atoms with Crippen LogP contribution in [0.2, 0.25) is 0 Å². The Morgan fingerprint density at radius 3 is 2.73 bits per heavy atom. The molecule has 1 aliphatic rings. The number of fused-ring (bicyclic) bond motifs is 1. The highest BCUT2D eigenvalue weighted by molar-refractivity contribution is 5.98. The first-order valence-corrected chi connectivity index (χ1v) is 7.13. The Morgan fingerprint density at radius 1 is 1.41 bits per heavy atom. The van der Waals surface area contributed by atoms with Crippen LogP contribution < -0.4 is 9.47 Å². The second-order valence-electron chi connectivity index (χ2n) is 5.56. The molecule has 0 radical (unpaired) electrons. The van der Waals surface area contributed by atoms with E-state index in [-0.39, 0.29) is 16.9 Å². The summed E-state index contributed by atoms with van der Waals surface area (Å²) >= 11 is 0. The predicted octanol–water partition coefficient (Wildman–Crippen LogP) is 2.95. The fourth-order valence-electron chi connectivity index (χ4n) is 2.47. The van der Waals surface area contributed by atoms with Crippen molar-refractivity contribution in [2.45, 2.75) is 13.3 Å². The van der Waals surface area contributed by atoms with Crippen LogP contribution in [0.3, 0.4) is 0 Å². The van der Waals surface area contributed by atoms with Gasteiger partial charge in [0.2, 0.25) is 0 Å². The van der Waals surface area contributed by atoms with Crippen LogP contribution in [0.5, 0.6) is 11.5 Å². The van der Waals surface area contributed by atoms with E-state index in [0.717, 1.165) is 6.42 Å². The summed E-state index contributed by atoms with van der Waals surface area (Å²) in [6.45, 7) is 3.73. The molecule has 0 spiro atoms. The van der Waals surface area contributed by atoms with Gasteiger partial charge in [-0.1, -0.05) is 6.92 Å². The number of methoxy groups -OCH3 is 1. The summed E-state index contributed by atoms with van der Waals surface area (Å²) in [5.41, 5.74) is 0.418. The Hall–Kier alpha value is -2.21. The number of carboxylic acids is 1. The lowest BCUT2D eigenvalue weighted by Crippen LogP contribution is -2.46. The molecule has 118 valence electrons. The molecular formula is C16H18O6. The normalized spacial score (nSPS) is 16.3. The van der Waals surface area contributed by atoms with Gasteiger partial charge in [-0.15, -0.1) is 0 Å². The molecule has 6 heteroatoms. The number of carbonyl (C=O) groups is 1. The third kappa shape index (κ3) is 2.39. The first-order chi connectivity index (χ1) is 10.6. The molecule has 1 aliphatic heterocycles. The van der Waals surface area contributed by atoms with E-state index >= 15 is 0 Å². The minimum atomic E-state index is -1.15. The number of carboxylic acid groups (broad SMARTS) is 1. The zero-order valence-electron chi connectivity index (χ0n) is 12.5. The summed E-state index contributed by atoms with van der Waals surface area (Å²) in [7, 11) is 1.55. The number of hydrogen-bond acceptors (Lipinski definition) is 5. The van der Waals surface area contributed by atoms with Gasteiger partial charge in [-0.2, -0.15) is 0 Å². The van der Waals surface area contributed by atoms with Crippen molar-refractivity contribution in [1.29, 1.82) is 0 Å². The fourth-order valence-corrected chi connectivity index (χ4v) is 2.47. The Labute approximate surface area is 127 Å². The van der Waals surface area contributed by atoms with Gasteiger partial charge >= 0.3 is 5.97 Å². The topological polar surface area (TPSA) is 78.1 Å². The van der Waals surface area contributed by atoms with Gasteiger partial charge in [-0.05, 0) is 24.6 Å². The average molecular weight is 306 g/mol. The molecule has 2 heterocycles. The van der Waals surface area contributed by atoms with E-state index in [9.17, 15) is 9.90 Å². The van der Waals surface area contributed by atoms with Gasteiger partial charge in [-0.25, -0.2) is 4.79 Å². The molecule has 2 aromatic rings. The van der Waals surface area contributed by atoms with Crippen LogP contribution in [-0.2, 0) is 4.74 Å².